The normalized spacial score (nSPS) is 36.4. The lowest BCUT2D eigenvalue weighted by Crippen LogP contribution is -2.66. The number of hydrogen-bond acceptors (Lipinski definition) is 21. The maximum atomic E-state index is 13.3. The van der Waals surface area contributed by atoms with Crippen molar-refractivity contribution in [2.75, 3.05) is 26.4 Å². The van der Waals surface area contributed by atoms with Gasteiger partial charge in [0.15, 0.2) is 48.0 Å². The number of benzene rings is 2. The summed E-state index contributed by atoms with van der Waals surface area (Å²) < 4.78 is 40.0. The molecule has 2 aromatic rings. The van der Waals surface area contributed by atoms with Crippen LogP contribution in [0.5, 0.6) is 23.0 Å². The van der Waals surface area contributed by atoms with Crippen molar-refractivity contribution >= 4 is 12.0 Å². The molecule has 3 aliphatic rings. The van der Waals surface area contributed by atoms with Crippen LogP contribution < -0.4 is 0 Å². The maximum Gasteiger partial charge on any atom is 0.331 e. The van der Waals surface area contributed by atoms with E-state index in [4.69, 9.17) is 33.2 Å². The Labute approximate surface area is 317 Å². The Balaban J connectivity index is 1.44. The third kappa shape index (κ3) is 10.0. The summed E-state index contributed by atoms with van der Waals surface area (Å²) in [5.74, 6) is -2.81. The van der Waals surface area contributed by atoms with Gasteiger partial charge in [0, 0.05) is 6.08 Å². The number of ether oxygens (including phenoxy) is 7. The molecule has 0 aliphatic carbocycles. The molecule has 21 nitrogen and oxygen atoms in total. The van der Waals surface area contributed by atoms with Gasteiger partial charge in [0.25, 0.3) is 0 Å². The van der Waals surface area contributed by atoms with Gasteiger partial charge in [-0.2, -0.15) is 0 Å². The van der Waals surface area contributed by atoms with E-state index in [2.05, 4.69) is 0 Å². The average Bonchev–Trinajstić information content (AvgIpc) is 3.18. The Hall–Kier alpha value is -3.75. The standard InChI is InChI=1S/C35H46O21/c36-11-20-24(43)26(45)28(47)33(52-20)51-13-22-31(55-23(42)6-3-14-1-4-16(38)18(40)9-14)32(56-35-29(48)27(46)25(44)21(12-37)53-35)30(49)34(54-22)50-8-7-15-2-5-17(39)19(41)10-15/h1-6,9-10,20-22,24-41,43-49H,7-8,11-13H2. The first-order valence-electron chi connectivity index (χ1n) is 17.4. The molecule has 2 aromatic carbocycles. The van der Waals surface area contributed by atoms with E-state index >= 15 is 0 Å². The molecule has 15 unspecified atom stereocenters. The number of aliphatic hydroxyl groups excluding tert-OH is 9. The summed E-state index contributed by atoms with van der Waals surface area (Å²) in [4.78, 5) is 13.3. The molecule has 0 bridgehead atoms. The second kappa shape index (κ2) is 19.1. The number of aromatic hydroxyl groups is 4. The summed E-state index contributed by atoms with van der Waals surface area (Å²) in [6, 6.07) is 7.65. The fourth-order valence-corrected chi connectivity index (χ4v) is 6.19. The topological polar surface area (TPSA) is 345 Å². The van der Waals surface area contributed by atoms with E-state index in [0.29, 0.717) is 5.56 Å². The monoisotopic (exact) mass is 802 g/mol. The number of aliphatic hydroxyl groups is 9. The van der Waals surface area contributed by atoms with Crippen LogP contribution in [-0.2, 0) is 44.4 Å². The molecule has 56 heavy (non-hydrogen) atoms. The molecule has 3 saturated heterocycles. The molecule has 3 heterocycles. The summed E-state index contributed by atoms with van der Waals surface area (Å²) in [6.07, 6.45) is -24.1. The fraction of sp³-hybridized carbons (Fsp3) is 0.571. The van der Waals surface area contributed by atoms with Crippen molar-refractivity contribution < 1.29 is 104 Å². The van der Waals surface area contributed by atoms with E-state index in [1.807, 2.05) is 0 Å². The first kappa shape index (κ1) is 43.4. The van der Waals surface area contributed by atoms with Gasteiger partial charge >= 0.3 is 5.97 Å². The number of rotatable bonds is 14. The van der Waals surface area contributed by atoms with Gasteiger partial charge in [-0.1, -0.05) is 12.1 Å². The van der Waals surface area contributed by atoms with Crippen molar-refractivity contribution in [1.82, 2.24) is 0 Å². The molecule has 3 fully saturated rings. The van der Waals surface area contributed by atoms with Gasteiger partial charge in [-0.15, -0.1) is 0 Å². The molecule has 21 heteroatoms. The van der Waals surface area contributed by atoms with E-state index in [-0.39, 0.29) is 24.3 Å². The lowest BCUT2D eigenvalue weighted by molar-refractivity contribution is -0.366. The number of carbonyl (C=O) groups excluding carboxylic acids is 1. The molecule has 0 aromatic heterocycles. The summed E-state index contributed by atoms with van der Waals surface area (Å²) in [7, 11) is 0. The van der Waals surface area contributed by atoms with Crippen LogP contribution >= 0.6 is 0 Å². The summed E-state index contributed by atoms with van der Waals surface area (Å²) >= 11 is 0. The van der Waals surface area contributed by atoms with Gasteiger partial charge in [-0.05, 0) is 47.9 Å². The van der Waals surface area contributed by atoms with E-state index in [0.717, 1.165) is 18.2 Å². The van der Waals surface area contributed by atoms with Crippen LogP contribution in [0.3, 0.4) is 0 Å². The summed E-state index contributed by atoms with van der Waals surface area (Å²) in [5.41, 5.74) is 0.729. The first-order valence-corrected chi connectivity index (χ1v) is 17.4. The van der Waals surface area contributed by atoms with Crippen molar-refractivity contribution in [2.45, 2.75) is 98.5 Å². The third-order valence-electron chi connectivity index (χ3n) is 9.40. The van der Waals surface area contributed by atoms with Crippen molar-refractivity contribution in [3.8, 4) is 23.0 Å². The highest BCUT2D eigenvalue weighted by molar-refractivity contribution is 5.87. The van der Waals surface area contributed by atoms with Crippen LogP contribution in [0.25, 0.3) is 6.08 Å². The number of esters is 1. The zero-order valence-electron chi connectivity index (χ0n) is 29.4. The zero-order valence-corrected chi connectivity index (χ0v) is 29.4. The molecule has 0 radical (unpaired) electrons. The zero-order chi connectivity index (χ0) is 40.8. The lowest BCUT2D eigenvalue weighted by Gasteiger charge is -2.47. The molecule has 5 rings (SSSR count). The Kier molecular flexibility index (Phi) is 14.8. The van der Waals surface area contributed by atoms with Crippen molar-refractivity contribution in [1.29, 1.82) is 0 Å². The quantitative estimate of drug-likeness (QED) is 0.0489. The predicted molar refractivity (Wildman–Crippen MR) is 181 cm³/mol. The molecule has 15 atom stereocenters. The van der Waals surface area contributed by atoms with Crippen molar-refractivity contribution in [3.63, 3.8) is 0 Å². The second-order valence-corrected chi connectivity index (χ2v) is 13.3. The smallest absolute Gasteiger partial charge is 0.331 e. The van der Waals surface area contributed by atoms with Crippen LogP contribution in [-0.4, -0.2) is 191 Å². The molecular weight excluding hydrogens is 756 g/mol. The van der Waals surface area contributed by atoms with Gasteiger partial charge in [0.1, 0.15) is 67.1 Å². The van der Waals surface area contributed by atoms with E-state index in [1.54, 1.807) is 0 Å². The Morgan fingerprint density at radius 1 is 0.607 bits per heavy atom. The molecule has 3 aliphatic heterocycles. The van der Waals surface area contributed by atoms with E-state index < -0.39 is 135 Å². The van der Waals surface area contributed by atoms with Crippen LogP contribution in [0.1, 0.15) is 11.1 Å². The SMILES string of the molecule is O=C(C=Cc1ccc(O)c(O)c1)OC1C(COC2OC(CO)C(O)C(O)C2O)OC(OCCc2ccc(O)c(O)c2)C(O)C1OC1OC(CO)C(O)C(O)C1O. The lowest BCUT2D eigenvalue weighted by atomic mass is 9.96. The maximum absolute atomic E-state index is 13.3. The second-order valence-electron chi connectivity index (χ2n) is 13.3. The van der Waals surface area contributed by atoms with E-state index in [9.17, 15) is 71.2 Å². The highest BCUT2D eigenvalue weighted by Gasteiger charge is 2.53. The Morgan fingerprint density at radius 3 is 1.77 bits per heavy atom. The number of phenolic OH excluding ortho intramolecular Hbond substituents is 4. The molecular formula is C35H46O21. The number of hydrogen-bond donors (Lipinski definition) is 13. The van der Waals surface area contributed by atoms with Gasteiger partial charge in [0.2, 0.25) is 0 Å². The predicted octanol–water partition coefficient (Wildman–Crippen LogP) is -4.22. The molecule has 0 spiro atoms. The molecule has 13 N–H and O–H groups in total. The van der Waals surface area contributed by atoms with E-state index in [1.165, 1.54) is 30.3 Å². The van der Waals surface area contributed by atoms with Crippen LogP contribution in [0.4, 0.5) is 0 Å². The van der Waals surface area contributed by atoms with Gasteiger partial charge in [0.05, 0.1) is 26.4 Å². The average molecular weight is 803 g/mol. The number of carbonyl (C=O) groups is 1. The van der Waals surface area contributed by atoms with Crippen molar-refractivity contribution in [2.24, 2.45) is 0 Å². The minimum Gasteiger partial charge on any atom is -0.504 e. The first-order chi connectivity index (χ1) is 26.6. The van der Waals surface area contributed by atoms with Crippen LogP contribution in [0, 0.1) is 0 Å². The Morgan fingerprint density at radius 2 is 1.16 bits per heavy atom. The van der Waals surface area contributed by atoms with Gasteiger partial charge < -0.3 is 99.5 Å². The fourth-order valence-electron chi connectivity index (χ4n) is 6.19. The molecule has 312 valence electrons. The third-order valence-corrected chi connectivity index (χ3v) is 9.40. The largest absolute Gasteiger partial charge is 0.504 e. The minimum absolute atomic E-state index is 0.0840. The summed E-state index contributed by atoms with van der Waals surface area (Å²) in [5, 5.41) is 133. The van der Waals surface area contributed by atoms with Crippen LogP contribution in [0.2, 0.25) is 0 Å². The Bertz CT molecular complexity index is 1620. The highest BCUT2D eigenvalue weighted by atomic mass is 16.8. The van der Waals surface area contributed by atoms with Crippen molar-refractivity contribution in [3.05, 3.63) is 53.6 Å². The molecule has 0 saturated carbocycles. The minimum atomic E-state index is -1.99. The van der Waals surface area contributed by atoms with Gasteiger partial charge in [-0.25, -0.2) is 4.79 Å². The summed E-state index contributed by atoms with van der Waals surface area (Å²) in [6.45, 7) is -2.56. The van der Waals surface area contributed by atoms with Gasteiger partial charge in [-0.3, -0.25) is 0 Å². The number of phenols is 4. The molecule has 0 amide bonds. The highest BCUT2D eigenvalue weighted by Crippen LogP contribution is 2.33. The van der Waals surface area contributed by atoms with Crippen LogP contribution in [0.15, 0.2) is 42.5 Å².